The van der Waals surface area contributed by atoms with Crippen LogP contribution in [0.4, 0.5) is 0 Å². The third kappa shape index (κ3) is 4.58. The first-order chi connectivity index (χ1) is 8.72. The molecule has 0 spiro atoms. The standard InChI is InChI=1S/C14H29N3O/c1-4-12(5-2)13(17-8-6-7-9-17)10-16-14(18)11-15-3/h12-13,15H,4-11H2,1-3H3,(H,16,18). The first kappa shape index (κ1) is 15.4. The number of hydrogen-bond donors (Lipinski definition) is 2. The van der Waals surface area contributed by atoms with Gasteiger partial charge in [0.05, 0.1) is 6.54 Å². The van der Waals surface area contributed by atoms with Gasteiger partial charge in [0.15, 0.2) is 0 Å². The molecule has 0 aromatic carbocycles. The summed E-state index contributed by atoms with van der Waals surface area (Å²) in [7, 11) is 1.80. The van der Waals surface area contributed by atoms with Crippen molar-refractivity contribution in [3.8, 4) is 0 Å². The molecule has 1 atom stereocenters. The topological polar surface area (TPSA) is 44.4 Å². The third-order valence-electron chi connectivity index (χ3n) is 4.05. The molecule has 0 aliphatic carbocycles. The molecule has 1 aliphatic rings. The number of likely N-dealkylation sites (tertiary alicyclic amines) is 1. The van der Waals surface area contributed by atoms with Crippen molar-refractivity contribution in [2.24, 2.45) is 5.92 Å². The highest BCUT2D eigenvalue weighted by Crippen LogP contribution is 2.22. The number of carbonyl (C=O) groups excluding carboxylic acids is 1. The molecule has 18 heavy (non-hydrogen) atoms. The summed E-state index contributed by atoms with van der Waals surface area (Å²) in [5, 5.41) is 5.96. The highest BCUT2D eigenvalue weighted by Gasteiger charge is 2.27. The lowest BCUT2D eigenvalue weighted by atomic mass is 9.93. The summed E-state index contributed by atoms with van der Waals surface area (Å²) < 4.78 is 0. The summed E-state index contributed by atoms with van der Waals surface area (Å²) in [6, 6.07) is 0.517. The number of likely N-dealkylation sites (N-methyl/N-ethyl adjacent to an activating group) is 1. The second-order valence-electron chi connectivity index (χ2n) is 5.22. The third-order valence-corrected chi connectivity index (χ3v) is 4.05. The maximum atomic E-state index is 11.6. The minimum absolute atomic E-state index is 0.104. The Kier molecular flexibility index (Phi) is 7.28. The van der Waals surface area contributed by atoms with Gasteiger partial charge in [-0.1, -0.05) is 26.7 Å². The first-order valence-electron chi connectivity index (χ1n) is 7.38. The maximum Gasteiger partial charge on any atom is 0.234 e. The fourth-order valence-electron chi connectivity index (χ4n) is 2.94. The van der Waals surface area contributed by atoms with E-state index in [2.05, 4.69) is 29.4 Å². The van der Waals surface area contributed by atoms with Crippen molar-refractivity contribution in [2.75, 3.05) is 33.2 Å². The molecule has 1 unspecified atom stereocenters. The van der Waals surface area contributed by atoms with E-state index in [-0.39, 0.29) is 5.91 Å². The maximum absolute atomic E-state index is 11.6. The van der Waals surface area contributed by atoms with Crippen molar-refractivity contribution in [1.29, 1.82) is 0 Å². The van der Waals surface area contributed by atoms with Crippen LogP contribution < -0.4 is 10.6 Å². The molecule has 106 valence electrons. The minimum Gasteiger partial charge on any atom is -0.353 e. The van der Waals surface area contributed by atoms with E-state index in [1.807, 2.05) is 0 Å². The van der Waals surface area contributed by atoms with Crippen LogP contribution in [0.1, 0.15) is 39.5 Å². The van der Waals surface area contributed by atoms with E-state index in [0.29, 0.717) is 18.5 Å². The number of nitrogens with zero attached hydrogens (tertiary/aromatic N) is 1. The Morgan fingerprint density at radius 2 is 1.83 bits per heavy atom. The van der Waals surface area contributed by atoms with Gasteiger partial charge in [0, 0.05) is 12.6 Å². The molecule has 1 saturated heterocycles. The number of nitrogens with one attached hydrogen (secondary N) is 2. The predicted molar refractivity (Wildman–Crippen MR) is 75.6 cm³/mol. The van der Waals surface area contributed by atoms with Crippen LogP contribution in [0.2, 0.25) is 0 Å². The van der Waals surface area contributed by atoms with Gasteiger partial charge in [-0.2, -0.15) is 0 Å². The number of hydrogen-bond acceptors (Lipinski definition) is 3. The summed E-state index contributed by atoms with van der Waals surface area (Å²) in [4.78, 5) is 14.1. The Balaban J connectivity index is 2.50. The van der Waals surface area contributed by atoms with Gasteiger partial charge in [-0.3, -0.25) is 9.69 Å². The second-order valence-corrected chi connectivity index (χ2v) is 5.22. The predicted octanol–water partition coefficient (Wildman–Crippen LogP) is 1.22. The van der Waals surface area contributed by atoms with Crippen LogP contribution in [-0.4, -0.2) is 50.1 Å². The van der Waals surface area contributed by atoms with Crippen LogP contribution in [0.3, 0.4) is 0 Å². The van der Waals surface area contributed by atoms with Gasteiger partial charge in [-0.05, 0) is 38.9 Å². The molecule has 0 aromatic heterocycles. The molecular formula is C14H29N3O. The van der Waals surface area contributed by atoms with Gasteiger partial charge in [-0.25, -0.2) is 0 Å². The van der Waals surface area contributed by atoms with Gasteiger partial charge >= 0.3 is 0 Å². The van der Waals surface area contributed by atoms with Crippen molar-refractivity contribution in [1.82, 2.24) is 15.5 Å². The second kappa shape index (κ2) is 8.48. The molecule has 1 rings (SSSR count). The van der Waals surface area contributed by atoms with Crippen LogP contribution >= 0.6 is 0 Å². The first-order valence-corrected chi connectivity index (χ1v) is 7.38. The molecule has 1 heterocycles. The fraction of sp³-hybridized carbons (Fsp3) is 0.929. The molecule has 0 saturated carbocycles. The summed E-state index contributed by atoms with van der Waals surface area (Å²) in [6.45, 7) is 8.12. The molecular weight excluding hydrogens is 226 g/mol. The summed E-state index contributed by atoms with van der Waals surface area (Å²) in [5.41, 5.74) is 0. The van der Waals surface area contributed by atoms with E-state index < -0.39 is 0 Å². The Morgan fingerprint density at radius 3 is 2.33 bits per heavy atom. The number of amides is 1. The largest absolute Gasteiger partial charge is 0.353 e. The zero-order valence-electron chi connectivity index (χ0n) is 12.2. The molecule has 4 heteroatoms. The quantitative estimate of drug-likeness (QED) is 0.685. The average Bonchev–Trinajstić information content (AvgIpc) is 2.88. The fourth-order valence-corrected chi connectivity index (χ4v) is 2.94. The molecule has 1 amide bonds. The Labute approximate surface area is 111 Å². The molecule has 1 aliphatic heterocycles. The molecule has 4 nitrogen and oxygen atoms in total. The van der Waals surface area contributed by atoms with Crippen molar-refractivity contribution in [3.05, 3.63) is 0 Å². The highest BCUT2D eigenvalue weighted by atomic mass is 16.1. The lowest BCUT2D eigenvalue weighted by molar-refractivity contribution is -0.120. The molecule has 0 aromatic rings. The van der Waals surface area contributed by atoms with Crippen molar-refractivity contribution in [3.63, 3.8) is 0 Å². The van der Waals surface area contributed by atoms with Crippen molar-refractivity contribution in [2.45, 2.75) is 45.6 Å². The van der Waals surface area contributed by atoms with Gasteiger partial charge in [0.25, 0.3) is 0 Å². The van der Waals surface area contributed by atoms with Crippen molar-refractivity contribution >= 4 is 5.91 Å². The molecule has 2 N–H and O–H groups in total. The Bertz CT molecular complexity index is 233. The van der Waals surface area contributed by atoms with E-state index in [1.54, 1.807) is 7.05 Å². The Hall–Kier alpha value is -0.610. The van der Waals surface area contributed by atoms with Gasteiger partial charge in [0.1, 0.15) is 0 Å². The van der Waals surface area contributed by atoms with E-state index in [9.17, 15) is 4.79 Å². The van der Waals surface area contributed by atoms with Gasteiger partial charge < -0.3 is 10.6 Å². The number of carbonyl (C=O) groups is 1. The monoisotopic (exact) mass is 255 g/mol. The Morgan fingerprint density at radius 1 is 1.22 bits per heavy atom. The number of rotatable bonds is 8. The zero-order chi connectivity index (χ0) is 13.4. The van der Waals surface area contributed by atoms with Crippen molar-refractivity contribution < 1.29 is 4.79 Å². The zero-order valence-corrected chi connectivity index (χ0v) is 12.2. The summed E-state index contributed by atoms with van der Waals surface area (Å²) in [6.07, 6.45) is 5.00. The summed E-state index contributed by atoms with van der Waals surface area (Å²) in [5.74, 6) is 0.797. The van der Waals surface area contributed by atoms with Gasteiger partial charge in [-0.15, -0.1) is 0 Å². The van der Waals surface area contributed by atoms with Crippen LogP contribution in [0, 0.1) is 5.92 Å². The smallest absolute Gasteiger partial charge is 0.234 e. The lowest BCUT2D eigenvalue weighted by Crippen LogP contribution is -2.48. The SMILES string of the molecule is CCC(CC)C(CNC(=O)CNC)N1CCCC1. The van der Waals surface area contributed by atoms with Crippen LogP contribution in [0.5, 0.6) is 0 Å². The lowest BCUT2D eigenvalue weighted by Gasteiger charge is -2.33. The minimum atomic E-state index is 0.104. The molecule has 0 radical (unpaired) electrons. The van der Waals surface area contributed by atoms with E-state index >= 15 is 0 Å². The van der Waals surface area contributed by atoms with Gasteiger partial charge in [0.2, 0.25) is 5.91 Å². The van der Waals surface area contributed by atoms with E-state index in [4.69, 9.17) is 0 Å². The van der Waals surface area contributed by atoms with Crippen LogP contribution in [0.25, 0.3) is 0 Å². The molecule has 1 fully saturated rings. The van der Waals surface area contributed by atoms with E-state index in [1.165, 1.54) is 38.8 Å². The van der Waals surface area contributed by atoms with Crippen LogP contribution in [0.15, 0.2) is 0 Å². The van der Waals surface area contributed by atoms with E-state index in [0.717, 1.165) is 6.54 Å². The summed E-state index contributed by atoms with van der Waals surface area (Å²) >= 11 is 0. The normalized spacial score (nSPS) is 18.2. The highest BCUT2D eigenvalue weighted by molar-refractivity contribution is 5.77. The average molecular weight is 255 g/mol. The molecule has 0 bridgehead atoms. The van der Waals surface area contributed by atoms with Crippen LogP contribution in [-0.2, 0) is 4.79 Å².